The van der Waals surface area contributed by atoms with E-state index in [1.807, 2.05) is 0 Å². The van der Waals surface area contributed by atoms with Crippen LogP contribution in [0.4, 0.5) is 0 Å². The van der Waals surface area contributed by atoms with E-state index in [2.05, 4.69) is 48.6 Å². The zero-order valence-corrected chi connectivity index (χ0v) is 13.9. The van der Waals surface area contributed by atoms with Gasteiger partial charge in [0, 0.05) is 6.54 Å². The number of fused-ring (bicyclic) bond motifs is 1. The Morgan fingerprint density at radius 1 is 1.36 bits per heavy atom. The van der Waals surface area contributed by atoms with Gasteiger partial charge in [-0.15, -0.1) is 0 Å². The van der Waals surface area contributed by atoms with E-state index in [1.165, 1.54) is 17.5 Å². The van der Waals surface area contributed by atoms with Crippen LogP contribution in [0.15, 0.2) is 24.3 Å². The molecule has 0 radical (unpaired) electrons. The molecule has 1 aliphatic rings. The van der Waals surface area contributed by atoms with Gasteiger partial charge in [0.2, 0.25) is 0 Å². The number of hydrogen-bond donors (Lipinski definition) is 2. The summed E-state index contributed by atoms with van der Waals surface area (Å²) >= 11 is 0. The van der Waals surface area contributed by atoms with Gasteiger partial charge in [-0.05, 0) is 64.0 Å². The Bertz CT molecular complexity index is 437. The van der Waals surface area contributed by atoms with E-state index < -0.39 is 6.10 Å². The molecule has 1 aromatic carbocycles. The number of aryl methyl sites for hydroxylation is 1. The number of nitrogens with zero attached hydrogens (tertiary/aromatic N) is 1. The molecule has 0 bridgehead atoms. The molecule has 0 saturated carbocycles. The standard InChI is InChI=1S/C18H30N2O2/c1-20(2)12-6-11-19-13-16(21)14-22-18-10-5-8-15-7-3-4-9-17(15)18/h3-4,7,9,16,18-19,21H,5-6,8,10-14H2,1-2H3/t16-,18-/m0/s1. The normalized spacial score (nSPS) is 19.2. The highest BCUT2D eigenvalue weighted by Crippen LogP contribution is 2.32. The Morgan fingerprint density at radius 2 is 2.18 bits per heavy atom. The van der Waals surface area contributed by atoms with Crippen LogP contribution in [0, 0.1) is 0 Å². The predicted molar refractivity (Wildman–Crippen MR) is 90.1 cm³/mol. The van der Waals surface area contributed by atoms with E-state index in [0.717, 1.165) is 32.4 Å². The van der Waals surface area contributed by atoms with Crippen LogP contribution in [0.2, 0.25) is 0 Å². The van der Waals surface area contributed by atoms with Crippen molar-refractivity contribution in [3.05, 3.63) is 35.4 Å². The molecule has 0 heterocycles. The average Bonchev–Trinajstić information content (AvgIpc) is 2.52. The van der Waals surface area contributed by atoms with Crippen LogP contribution in [0.5, 0.6) is 0 Å². The summed E-state index contributed by atoms with van der Waals surface area (Å²) in [6.07, 6.45) is 4.17. The van der Waals surface area contributed by atoms with Crippen LogP contribution < -0.4 is 5.32 Å². The van der Waals surface area contributed by atoms with Crippen LogP contribution in [0.1, 0.15) is 36.5 Å². The van der Waals surface area contributed by atoms with Crippen molar-refractivity contribution < 1.29 is 9.84 Å². The SMILES string of the molecule is CN(C)CCCNC[C@H](O)CO[C@H]1CCCc2ccccc21. The lowest BCUT2D eigenvalue weighted by atomic mass is 9.89. The van der Waals surface area contributed by atoms with Crippen molar-refractivity contribution in [2.45, 2.75) is 37.9 Å². The smallest absolute Gasteiger partial charge is 0.0897 e. The molecule has 22 heavy (non-hydrogen) atoms. The molecule has 2 atom stereocenters. The monoisotopic (exact) mass is 306 g/mol. The van der Waals surface area contributed by atoms with Gasteiger partial charge >= 0.3 is 0 Å². The number of ether oxygens (including phenoxy) is 1. The molecule has 0 saturated heterocycles. The molecule has 4 nitrogen and oxygen atoms in total. The summed E-state index contributed by atoms with van der Waals surface area (Å²) in [6.45, 7) is 3.00. The molecule has 0 fully saturated rings. The first kappa shape index (κ1) is 17.4. The highest BCUT2D eigenvalue weighted by Gasteiger charge is 2.21. The fourth-order valence-corrected chi connectivity index (χ4v) is 2.96. The molecule has 2 rings (SSSR count). The average molecular weight is 306 g/mol. The summed E-state index contributed by atoms with van der Waals surface area (Å²) in [7, 11) is 4.15. The first-order chi connectivity index (χ1) is 10.7. The van der Waals surface area contributed by atoms with E-state index in [-0.39, 0.29) is 6.10 Å². The molecule has 0 amide bonds. The maximum absolute atomic E-state index is 10.0. The third-order valence-electron chi connectivity index (χ3n) is 4.14. The van der Waals surface area contributed by atoms with Crippen molar-refractivity contribution in [2.24, 2.45) is 0 Å². The molecular weight excluding hydrogens is 276 g/mol. The first-order valence-electron chi connectivity index (χ1n) is 8.39. The lowest BCUT2D eigenvalue weighted by molar-refractivity contribution is -0.0166. The second-order valence-corrected chi connectivity index (χ2v) is 6.43. The van der Waals surface area contributed by atoms with Crippen LogP contribution in [0.25, 0.3) is 0 Å². The summed E-state index contributed by atoms with van der Waals surface area (Å²) in [5.74, 6) is 0. The molecular formula is C18H30N2O2. The maximum Gasteiger partial charge on any atom is 0.0897 e. The molecule has 1 aromatic rings. The Kier molecular flexibility index (Phi) is 7.33. The minimum atomic E-state index is -0.437. The van der Waals surface area contributed by atoms with Crippen molar-refractivity contribution in [3.8, 4) is 0 Å². The topological polar surface area (TPSA) is 44.7 Å². The van der Waals surface area contributed by atoms with Crippen molar-refractivity contribution in [3.63, 3.8) is 0 Å². The molecule has 1 aliphatic carbocycles. The Labute approximate surface area is 134 Å². The molecule has 0 unspecified atom stereocenters. The second kappa shape index (κ2) is 9.26. The number of nitrogens with one attached hydrogen (secondary N) is 1. The van der Waals surface area contributed by atoms with E-state index in [9.17, 15) is 5.11 Å². The first-order valence-corrected chi connectivity index (χ1v) is 8.39. The molecule has 0 spiro atoms. The summed E-state index contributed by atoms with van der Waals surface area (Å²) in [4.78, 5) is 2.17. The predicted octanol–water partition coefficient (Wildman–Crippen LogP) is 1.98. The van der Waals surface area contributed by atoms with Crippen molar-refractivity contribution in [1.29, 1.82) is 0 Å². The minimum Gasteiger partial charge on any atom is -0.389 e. The molecule has 0 aliphatic heterocycles. The summed E-state index contributed by atoms with van der Waals surface area (Å²) in [5, 5.41) is 13.3. The van der Waals surface area contributed by atoms with Crippen molar-refractivity contribution in [2.75, 3.05) is 40.3 Å². The van der Waals surface area contributed by atoms with Crippen molar-refractivity contribution >= 4 is 0 Å². The second-order valence-electron chi connectivity index (χ2n) is 6.43. The minimum absolute atomic E-state index is 0.147. The van der Waals surface area contributed by atoms with E-state index in [0.29, 0.717) is 13.2 Å². The zero-order valence-electron chi connectivity index (χ0n) is 13.9. The van der Waals surface area contributed by atoms with Gasteiger partial charge in [-0.1, -0.05) is 24.3 Å². The van der Waals surface area contributed by atoms with Crippen molar-refractivity contribution in [1.82, 2.24) is 10.2 Å². The Balaban J connectivity index is 1.66. The van der Waals surface area contributed by atoms with Crippen LogP contribution in [-0.4, -0.2) is 56.4 Å². The molecule has 124 valence electrons. The van der Waals surface area contributed by atoms with Crippen LogP contribution >= 0.6 is 0 Å². The molecule has 2 N–H and O–H groups in total. The van der Waals surface area contributed by atoms with Gasteiger partial charge in [0.05, 0.1) is 18.8 Å². The fraction of sp³-hybridized carbons (Fsp3) is 0.667. The number of aliphatic hydroxyl groups is 1. The largest absolute Gasteiger partial charge is 0.389 e. The third kappa shape index (κ3) is 5.69. The van der Waals surface area contributed by atoms with Gasteiger partial charge in [0.1, 0.15) is 0 Å². The summed E-state index contributed by atoms with van der Waals surface area (Å²) < 4.78 is 5.97. The molecule has 4 heteroatoms. The molecule has 0 aromatic heterocycles. The fourth-order valence-electron chi connectivity index (χ4n) is 2.96. The highest BCUT2D eigenvalue weighted by atomic mass is 16.5. The van der Waals surface area contributed by atoms with Gasteiger partial charge in [-0.25, -0.2) is 0 Å². The van der Waals surface area contributed by atoms with Gasteiger partial charge in [-0.3, -0.25) is 0 Å². The zero-order chi connectivity index (χ0) is 15.8. The van der Waals surface area contributed by atoms with Gasteiger partial charge < -0.3 is 20.1 Å². The Morgan fingerprint density at radius 3 is 3.00 bits per heavy atom. The lowest BCUT2D eigenvalue weighted by Crippen LogP contribution is -2.32. The Hall–Kier alpha value is -0.940. The van der Waals surface area contributed by atoms with Gasteiger partial charge in [0.25, 0.3) is 0 Å². The number of benzene rings is 1. The lowest BCUT2D eigenvalue weighted by Gasteiger charge is -2.26. The van der Waals surface area contributed by atoms with E-state index in [4.69, 9.17) is 4.74 Å². The number of rotatable bonds is 9. The van der Waals surface area contributed by atoms with E-state index >= 15 is 0 Å². The third-order valence-corrected chi connectivity index (χ3v) is 4.14. The van der Waals surface area contributed by atoms with E-state index in [1.54, 1.807) is 0 Å². The van der Waals surface area contributed by atoms with Crippen LogP contribution in [0.3, 0.4) is 0 Å². The number of hydrogen-bond acceptors (Lipinski definition) is 4. The van der Waals surface area contributed by atoms with Gasteiger partial charge in [0.15, 0.2) is 0 Å². The van der Waals surface area contributed by atoms with Gasteiger partial charge in [-0.2, -0.15) is 0 Å². The summed E-state index contributed by atoms with van der Waals surface area (Å²) in [5.41, 5.74) is 2.70. The quantitative estimate of drug-likeness (QED) is 0.685. The van der Waals surface area contributed by atoms with Crippen LogP contribution in [-0.2, 0) is 11.2 Å². The highest BCUT2D eigenvalue weighted by molar-refractivity contribution is 5.31. The maximum atomic E-state index is 10.0. The summed E-state index contributed by atoms with van der Waals surface area (Å²) in [6, 6.07) is 8.51. The number of aliphatic hydroxyl groups excluding tert-OH is 1.